The molecule has 0 heterocycles. The first-order valence-electron chi connectivity index (χ1n) is 5.45. The number of rotatable bonds is 2. The van der Waals surface area contributed by atoms with E-state index in [1.807, 2.05) is 0 Å². The highest BCUT2D eigenvalue weighted by molar-refractivity contribution is 4.97. The lowest BCUT2D eigenvalue weighted by atomic mass is 9.84. The summed E-state index contributed by atoms with van der Waals surface area (Å²) in [4.78, 5) is 0. The van der Waals surface area contributed by atoms with Gasteiger partial charge in [0.2, 0.25) is 0 Å². The van der Waals surface area contributed by atoms with Gasteiger partial charge in [-0.2, -0.15) is 0 Å². The average Bonchev–Trinajstić information content (AvgIpc) is 2.78. The van der Waals surface area contributed by atoms with Gasteiger partial charge >= 0.3 is 0 Å². The highest BCUT2D eigenvalue weighted by Crippen LogP contribution is 2.53. The summed E-state index contributed by atoms with van der Waals surface area (Å²) < 4.78 is 0. The molecule has 0 unspecified atom stereocenters. The Bertz CT molecular complexity index is 149. The Balaban J connectivity index is 1.85. The maximum atomic E-state index is 9.08. The van der Waals surface area contributed by atoms with Crippen molar-refractivity contribution < 1.29 is 5.11 Å². The van der Waals surface area contributed by atoms with Crippen LogP contribution in [0.1, 0.15) is 39.0 Å². The fourth-order valence-corrected chi connectivity index (χ4v) is 3.17. The van der Waals surface area contributed by atoms with Crippen LogP contribution in [0.2, 0.25) is 0 Å². The van der Waals surface area contributed by atoms with Crippen molar-refractivity contribution in [3.05, 3.63) is 0 Å². The Kier molecular flexibility index (Phi) is 2.40. The molecule has 0 aromatic heterocycles. The second-order valence-corrected chi connectivity index (χ2v) is 4.68. The van der Waals surface area contributed by atoms with Crippen molar-refractivity contribution in [2.45, 2.75) is 39.0 Å². The summed E-state index contributed by atoms with van der Waals surface area (Å²) in [5.74, 6) is 3.33. The van der Waals surface area contributed by atoms with Crippen molar-refractivity contribution in [3.63, 3.8) is 0 Å². The molecule has 0 aromatic rings. The van der Waals surface area contributed by atoms with Crippen LogP contribution in [0.3, 0.4) is 0 Å². The van der Waals surface area contributed by atoms with Crippen LogP contribution in [0.5, 0.6) is 0 Å². The Morgan fingerprint density at radius 2 is 1.83 bits per heavy atom. The summed E-state index contributed by atoms with van der Waals surface area (Å²) in [6.07, 6.45) is 7.19. The third-order valence-electron chi connectivity index (χ3n) is 4.04. The predicted octanol–water partition coefficient (Wildman–Crippen LogP) is 2.44. The Morgan fingerprint density at radius 1 is 1.17 bits per heavy atom. The Labute approximate surface area is 75.2 Å². The van der Waals surface area contributed by atoms with Gasteiger partial charge in [0, 0.05) is 6.61 Å². The SMILES string of the molecule is C[C@H]1[C@H](CO)[C@H]1C1CCCCC1. The topological polar surface area (TPSA) is 20.2 Å². The molecule has 0 spiro atoms. The maximum absolute atomic E-state index is 9.08. The molecule has 2 rings (SSSR count). The molecular formula is C11H20O. The van der Waals surface area contributed by atoms with E-state index in [9.17, 15) is 0 Å². The van der Waals surface area contributed by atoms with Gasteiger partial charge < -0.3 is 5.11 Å². The highest BCUT2D eigenvalue weighted by atomic mass is 16.3. The van der Waals surface area contributed by atoms with Gasteiger partial charge in [-0.25, -0.2) is 0 Å². The third kappa shape index (κ3) is 1.39. The lowest BCUT2D eigenvalue weighted by molar-refractivity contribution is 0.241. The quantitative estimate of drug-likeness (QED) is 0.671. The Hall–Kier alpha value is -0.0400. The van der Waals surface area contributed by atoms with Gasteiger partial charge in [-0.15, -0.1) is 0 Å². The van der Waals surface area contributed by atoms with E-state index >= 15 is 0 Å². The van der Waals surface area contributed by atoms with Crippen molar-refractivity contribution >= 4 is 0 Å². The summed E-state index contributed by atoms with van der Waals surface area (Å²) in [6, 6.07) is 0. The molecule has 1 nitrogen and oxygen atoms in total. The van der Waals surface area contributed by atoms with Gasteiger partial charge in [0.15, 0.2) is 0 Å². The van der Waals surface area contributed by atoms with E-state index in [0.717, 1.165) is 17.8 Å². The minimum Gasteiger partial charge on any atom is -0.396 e. The highest BCUT2D eigenvalue weighted by Gasteiger charge is 2.49. The largest absolute Gasteiger partial charge is 0.396 e. The fraction of sp³-hybridized carbons (Fsp3) is 1.00. The molecule has 0 amide bonds. The van der Waals surface area contributed by atoms with Crippen LogP contribution in [0.25, 0.3) is 0 Å². The van der Waals surface area contributed by atoms with Crippen molar-refractivity contribution in [2.24, 2.45) is 23.7 Å². The van der Waals surface area contributed by atoms with E-state index in [4.69, 9.17) is 5.11 Å². The van der Waals surface area contributed by atoms with Crippen LogP contribution in [-0.4, -0.2) is 11.7 Å². The predicted molar refractivity (Wildman–Crippen MR) is 49.8 cm³/mol. The summed E-state index contributed by atoms with van der Waals surface area (Å²) in [5.41, 5.74) is 0. The van der Waals surface area contributed by atoms with Gasteiger partial charge in [-0.05, 0) is 23.7 Å². The van der Waals surface area contributed by atoms with E-state index < -0.39 is 0 Å². The molecule has 3 atom stereocenters. The molecule has 2 fully saturated rings. The van der Waals surface area contributed by atoms with Crippen LogP contribution in [0, 0.1) is 23.7 Å². The number of aliphatic hydroxyl groups excluding tert-OH is 1. The van der Waals surface area contributed by atoms with Crippen molar-refractivity contribution in [3.8, 4) is 0 Å². The molecule has 2 aliphatic carbocycles. The van der Waals surface area contributed by atoms with Crippen LogP contribution in [0.15, 0.2) is 0 Å². The van der Waals surface area contributed by atoms with Crippen molar-refractivity contribution in [1.82, 2.24) is 0 Å². The van der Waals surface area contributed by atoms with Gasteiger partial charge in [0.25, 0.3) is 0 Å². The second-order valence-electron chi connectivity index (χ2n) is 4.68. The zero-order valence-electron chi connectivity index (χ0n) is 8.00. The van der Waals surface area contributed by atoms with E-state index in [-0.39, 0.29) is 0 Å². The summed E-state index contributed by atoms with van der Waals surface area (Å²) in [6.45, 7) is 2.74. The second kappa shape index (κ2) is 3.37. The molecule has 0 bridgehead atoms. The molecule has 0 aliphatic heterocycles. The van der Waals surface area contributed by atoms with Gasteiger partial charge in [0.05, 0.1) is 0 Å². The molecule has 2 saturated carbocycles. The number of aliphatic hydroxyl groups is 1. The molecule has 2 aliphatic rings. The molecule has 1 heteroatoms. The van der Waals surface area contributed by atoms with Crippen molar-refractivity contribution in [2.75, 3.05) is 6.61 Å². The minimum absolute atomic E-state index is 0.433. The zero-order chi connectivity index (χ0) is 8.55. The first kappa shape index (κ1) is 8.55. The normalized spacial score (nSPS) is 43.0. The first-order chi connectivity index (χ1) is 5.84. The molecule has 1 N–H and O–H groups in total. The van der Waals surface area contributed by atoms with E-state index in [2.05, 4.69) is 6.92 Å². The lowest BCUT2D eigenvalue weighted by Gasteiger charge is -2.21. The van der Waals surface area contributed by atoms with E-state index in [1.165, 1.54) is 32.1 Å². The first-order valence-corrected chi connectivity index (χ1v) is 5.45. The molecule has 0 radical (unpaired) electrons. The Morgan fingerprint density at radius 3 is 2.33 bits per heavy atom. The van der Waals surface area contributed by atoms with Crippen LogP contribution in [0.4, 0.5) is 0 Å². The zero-order valence-corrected chi connectivity index (χ0v) is 8.00. The average molecular weight is 168 g/mol. The number of hydrogen-bond donors (Lipinski definition) is 1. The standard InChI is InChI=1S/C11H20O/c1-8-10(7-12)11(8)9-5-3-2-4-6-9/h8-12H,2-7H2,1H3/t8-,10-,11+/m0/s1. The maximum Gasteiger partial charge on any atom is 0.0464 e. The van der Waals surface area contributed by atoms with E-state index in [0.29, 0.717) is 12.5 Å². The van der Waals surface area contributed by atoms with Crippen LogP contribution < -0.4 is 0 Å². The molecule has 0 aromatic carbocycles. The van der Waals surface area contributed by atoms with Crippen molar-refractivity contribution in [1.29, 1.82) is 0 Å². The molecule has 70 valence electrons. The van der Waals surface area contributed by atoms with Gasteiger partial charge in [0.1, 0.15) is 0 Å². The molecule has 0 saturated heterocycles. The fourth-order valence-electron chi connectivity index (χ4n) is 3.17. The summed E-state index contributed by atoms with van der Waals surface area (Å²) in [5, 5.41) is 9.08. The molecular weight excluding hydrogens is 148 g/mol. The monoisotopic (exact) mass is 168 g/mol. The van der Waals surface area contributed by atoms with Gasteiger partial charge in [-0.3, -0.25) is 0 Å². The van der Waals surface area contributed by atoms with Crippen LogP contribution in [-0.2, 0) is 0 Å². The van der Waals surface area contributed by atoms with Crippen LogP contribution >= 0.6 is 0 Å². The smallest absolute Gasteiger partial charge is 0.0464 e. The summed E-state index contributed by atoms with van der Waals surface area (Å²) >= 11 is 0. The summed E-state index contributed by atoms with van der Waals surface area (Å²) in [7, 11) is 0. The minimum atomic E-state index is 0.433. The number of hydrogen-bond acceptors (Lipinski definition) is 1. The van der Waals surface area contributed by atoms with E-state index in [1.54, 1.807) is 0 Å². The molecule has 12 heavy (non-hydrogen) atoms. The van der Waals surface area contributed by atoms with Gasteiger partial charge in [-0.1, -0.05) is 39.0 Å². The lowest BCUT2D eigenvalue weighted by Crippen LogP contribution is -2.10. The third-order valence-corrected chi connectivity index (χ3v) is 4.04.